The van der Waals surface area contributed by atoms with E-state index in [1.807, 2.05) is 36.4 Å². The smallest absolute Gasteiger partial charge is 0.115 e. The largest absolute Gasteiger partial charge is 0.508 e. The molecule has 16 heavy (non-hydrogen) atoms. The first-order valence-corrected chi connectivity index (χ1v) is 5.81. The van der Waals surface area contributed by atoms with Gasteiger partial charge in [-0.15, -0.1) is 0 Å². The minimum Gasteiger partial charge on any atom is -0.508 e. The molecule has 0 saturated heterocycles. The number of phenols is 1. The van der Waals surface area contributed by atoms with Gasteiger partial charge < -0.3 is 10.4 Å². The van der Waals surface area contributed by atoms with Crippen molar-refractivity contribution in [2.24, 2.45) is 0 Å². The highest BCUT2D eigenvalue weighted by Gasteiger charge is 1.95. The molecular formula is C13H12BrNO. The van der Waals surface area contributed by atoms with Crippen molar-refractivity contribution in [2.75, 3.05) is 5.32 Å². The van der Waals surface area contributed by atoms with E-state index in [4.69, 9.17) is 5.11 Å². The Bertz CT molecular complexity index is 468. The summed E-state index contributed by atoms with van der Waals surface area (Å²) in [4.78, 5) is 0. The zero-order valence-corrected chi connectivity index (χ0v) is 10.2. The highest BCUT2D eigenvalue weighted by Crippen LogP contribution is 2.17. The summed E-state index contributed by atoms with van der Waals surface area (Å²) in [5.74, 6) is 0.297. The Balaban J connectivity index is 1.99. The van der Waals surface area contributed by atoms with Gasteiger partial charge in [0.25, 0.3) is 0 Å². The van der Waals surface area contributed by atoms with E-state index < -0.39 is 0 Å². The lowest BCUT2D eigenvalue weighted by molar-refractivity contribution is 0.475. The SMILES string of the molecule is Oc1ccc(CNc2cccc(Br)c2)cc1. The molecule has 0 aliphatic heterocycles. The Kier molecular flexibility index (Phi) is 3.47. The van der Waals surface area contributed by atoms with Gasteiger partial charge in [0.2, 0.25) is 0 Å². The molecule has 0 spiro atoms. The van der Waals surface area contributed by atoms with Crippen molar-refractivity contribution in [3.05, 3.63) is 58.6 Å². The van der Waals surface area contributed by atoms with E-state index in [0.717, 1.165) is 22.3 Å². The van der Waals surface area contributed by atoms with E-state index in [-0.39, 0.29) is 0 Å². The van der Waals surface area contributed by atoms with Gasteiger partial charge in [0, 0.05) is 16.7 Å². The predicted octanol–water partition coefficient (Wildman–Crippen LogP) is 3.77. The van der Waals surface area contributed by atoms with Crippen molar-refractivity contribution in [1.29, 1.82) is 0 Å². The third-order valence-corrected chi connectivity index (χ3v) is 2.75. The van der Waals surface area contributed by atoms with Gasteiger partial charge >= 0.3 is 0 Å². The molecule has 2 N–H and O–H groups in total. The fourth-order valence-corrected chi connectivity index (χ4v) is 1.82. The van der Waals surface area contributed by atoms with Crippen LogP contribution in [0.25, 0.3) is 0 Å². The minimum atomic E-state index is 0.297. The second-order valence-electron chi connectivity index (χ2n) is 3.53. The van der Waals surface area contributed by atoms with E-state index in [2.05, 4.69) is 21.2 Å². The summed E-state index contributed by atoms with van der Waals surface area (Å²) in [7, 11) is 0. The second-order valence-corrected chi connectivity index (χ2v) is 4.45. The number of hydrogen-bond donors (Lipinski definition) is 2. The summed E-state index contributed by atoms with van der Waals surface area (Å²) < 4.78 is 1.06. The quantitative estimate of drug-likeness (QED) is 0.895. The highest BCUT2D eigenvalue weighted by atomic mass is 79.9. The van der Waals surface area contributed by atoms with E-state index >= 15 is 0 Å². The number of phenolic OH excluding ortho intramolecular Hbond substituents is 1. The first-order valence-electron chi connectivity index (χ1n) is 5.01. The van der Waals surface area contributed by atoms with Crippen LogP contribution in [-0.2, 0) is 6.54 Å². The maximum Gasteiger partial charge on any atom is 0.115 e. The normalized spacial score (nSPS) is 10.1. The number of hydrogen-bond acceptors (Lipinski definition) is 2. The molecule has 0 bridgehead atoms. The van der Waals surface area contributed by atoms with Gasteiger partial charge in [-0.1, -0.05) is 34.1 Å². The standard InChI is InChI=1S/C13H12BrNO/c14-11-2-1-3-12(8-11)15-9-10-4-6-13(16)7-5-10/h1-8,15-16H,9H2. The maximum absolute atomic E-state index is 9.15. The third-order valence-electron chi connectivity index (χ3n) is 2.26. The van der Waals surface area contributed by atoms with Crippen LogP contribution in [0.3, 0.4) is 0 Å². The van der Waals surface area contributed by atoms with Gasteiger partial charge in [-0.2, -0.15) is 0 Å². The summed E-state index contributed by atoms with van der Waals surface area (Å²) in [6.45, 7) is 0.747. The van der Waals surface area contributed by atoms with E-state index in [1.165, 1.54) is 0 Å². The average molecular weight is 278 g/mol. The van der Waals surface area contributed by atoms with Crippen molar-refractivity contribution in [3.8, 4) is 5.75 Å². The van der Waals surface area contributed by atoms with Crippen LogP contribution < -0.4 is 5.32 Å². The van der Waals surface area contributed by atoms with E-state index in [1.54, 1.807) is 12.1 Å². The molecular weight excluding hydrogens is 266 g/mol. The van der Waals surface area contributed by atoms with Crippen LogP contribution in [0.5, 0.6) is 5.75 Å². The number of nitrogens with one attached hydrogen (secondary N) is 1. The second kappa shape index (κ2) is 5.03. The molecule has 0 fully saturated rings. The number of benzene rings is 2. The van der Waals surface area contributed by atoms with Crippen LogP contribution in [0.15, 0.2) is 53.0 Å². The van der Waals surface area contributed by atoms with Crippen LogP contribution in [-0.4, -0.2) is 5.11 Å². The first kappa shape index (κ1) is 11.0. The van der Waals surface area contributed by atoms with Crippen LogP contribution >= 0.6 is 15.9 Å². The molecule has 0 saturated carbocycles. The molecule has 0 aliphatic carbocycles. The Morgan fingerprint density at radius 2 is 1.81 bits per heavy atom. The lowest BCUT2D eigenvalue weighted by atomic mass is 10.2. The van der Waals surface area contributed by atoms with Gasteiger partial charge in [-0.3, -0.25) is 0 Å². The molecule has 2 rings (SSSR count). The number of anilines is 1. The summed E-state index contributed by atoms with van der Waals surface area (Å²) in [6.07, 6.45) is 0. The topological polar surface area (TPSA) is 32.3 Å². The predicted molar refractivity (Wildman–Crippen MR) is 69.6 cm³/mol. The summed E-state index contributed by atoms with van der Waals surface area (Å²) in [5.41, 5.74) is 2.21. The number of halogens is 1. The first-order chi connectivity index (χ1) is 7.74. The molecule has 0 heterocycles. The maximum atomic E-state index is 9.15. The van der Waals surface area contributed by atoms with Crippen molar-refractivity contribution in [2.45, 2.75) is 6.54 Å². The average Bonchev–Trinajstić information content (AvgIpc) is 2.28. The monoisotopic (exact) mass is 277 g/mol. The van der Waals surface area contributed by atoms with Gasteiger partial charge in [0.1, 0.15) is 5.75 Å². The van der Waals surface area contributed by atoms with E-state index in [0.29, 0.717) is 5.75 Å². The molecule has 0 aromatic heterocycles. The molecule has 3 heteroatoms. The molecule has 2 nitrogen and oxygen atoms in total. The zero-order chi connectivity index (χ0) is 11.4. The Morgan fingerprint density at radius 1 is 1.06 bits per heavy atom. The molecule has 0 amide bonds. The Labute approximate surface area is 103 Å². The van der Waals surface area contributed by atoms with Crippen molar-refractivity contribution in [1.82, 2.24) is 0 Å². The van der Waals surface area contributed by atoms with E-state index in [9.17, 15) is 0 Å². The van der Waals surface area contributed by atoms with Crippen LogP contribution in [0.2, 0.25) is 0 Å². The molecule has 0 atom stereocenters. The number of aromatic hydroxyl groups is 1. The van der Waals surface area contributed by atoms with Crippen LogP contribution in [0.1, 0.15) is 5.56 Å². The lowest BCUT2D eigenvalue weighted by Gasteiger charge is -2.06. The van der Waals surface area contributed by atoms with Crippen molar-refractivity contribution < 1.29 is 5.11 Å². The third kappa shape index (κ3) is 3.00. The van der Waals surface area contributed by atoms with Crippen molar-refractivity contribution >= 4 is 21.6 Å². The minimum absolute atomic E-state index is 0.297. The molecule has 2 aromatic carbocycles. The zero-order valence-electron chi connectivity index (χ0n) is 8.65. The highest BCUT2D eigenvalue weighted by molar-refractivity contribution is 9.10. The van der Waals surface area contributed by atoms with Gasteiger partial charge in [-0.25, -0.2) is 0 Å². The summed E-state index contributed by atoms with van der Waals surface area (Å²) >= 11 is 3.42. The fourth-order valence-electron chi connectivity index (χ4n) is 1.42. The summed E-state index contributed by atoms with van der Waals surface area (Å²) in [6, 6.07) is 15.2. The lowest BCUT2D eigenvalue weighted by Crippen LogP contribution is -1.98. The van der Waals surface area contributed by atoms with Crippen LogP contribution in [0.4, 0.5) is 5.69 Å². The van der Waals surface area contributed by atoms with Gasteiger partial charge in [0.15, 0.2) is 0 Å². The molecule has 2 aromatic rings. The molecule has 0 radical (unpaired) electrons. The van der Waals surface area contributed by atoms with Crippen LogP contribution in [0, 0.1) is 0 Å². The Hall–Kier alpha value is -1.48. The Morgan fingerprint density at radius 3 is 2.50 bits per heavy atom. The molecule has 82 valence electrons. The molecule has 0 aliphatic rings. The summed E-state index contributed by atoms with van der Waals surface area (Å²) in [5, 5.41) is 12.5. The molecule has 0 unspecified atom stereocenters. The van der Waals surface area contributed by atoms with Gasteiger partial charge in [-0.05, 0) is 35.9 Å². The van der Waals surface area contributed by atoms with Crippen molar-refractivity contribution in [3.63, 3.8) is 0 Å². The number of rotatable bonds is 3. The van der Waals surface area contributed by atoms with Gasteiger partial charge in [0.05, 0.1) is 0 Å². The fraction of sp³-hybridized carbons (Fsp3) is 0.0769.